The highest BCUT2D eigenvalue weighted by Gasteiger charge is 2.35. The molecule has 0 aromatic heterocycles. The minimum Gasteiger partial charge on any atom is -0.497 e. The highest BCUT2D eigenvalue weighted by molar-refractivity contribution is 7.89. The summed E-state index contributed by atoms with van der Waals surface area (Å²) < 4.78 is 40.1. The number of ether oxygens (including phenoxy) is 2. The number of likely N-dealkylation sites (tertiary alicyclic amines) is 1. The number of methoxy groups -OCH3 is 2. The van der Waals surface area contributed by atoms with Gasteiger partial charge in [0.15, 0.2) is 5.96 Å². The van der Waals surface area contributed by atoms with Gasteiger partial charge in [-0.15, -0.1) is 0 Å². The number of hydrogen-bond donors (Lipinski definition) is 3. The van der Waals surface area contributed by atoms with Crippen molar-refractivity contribution < 1.29 is 32.3 Å². The van der Waals surface area contributed by atoms with Crippen LogP contribution in [0.25, 0.3) is 10.8 Å². The van der Waals surface area contributed by atoms with E-state index in [2.05, 4.69) is 4.72 Å². The minimum absolute atomic E-state index is 0.0819. The van der Waals surface area contributed by atoms with Crippen molar-refractivity contribution in [2.24, 2.45) is 5.73 Å². The number of carbonyl (C=O) groups is 3. The van der Waals surface area contributed by atoms with Crippen LogP contribution in [0.2, 0.25) is 0 Å². The summed E-state index contributed by atoms with van der Waals surface area (Å²) >= 11 is 0. The molecule has 2 amide bonds. The first-order chi connectivity index (χ1) is 21.9. The van der Waals surface area contributed by atoms with Crippen LogP contribution in [0, 0.1) is 5.41 Å². The van der Waals surface area contributed by atoms with E-state index in [0.29, 0.717) is 42.6 Å². The lowest BCUT2D eigenvalue weighted by Gasteiger charge is -2.38. The summed E-state index contributed by atoms with van der Waals surface area (Å²) in [6.45, 7) is 0.358. The molecule has 1 aliphatic heterocycles. The van der Waals surface area contributed by atoms with Gasteiger partial charge in [-0.2, -0.15) is 4.72 Å². The third-order valence-corrected chi connectivity index (χ3v) is 9.52. The molecular weight excluding hydrogens is 612 g/mol. The number of esters is 1. The number of guanidine groups is 1. The van der Waals surface area contributed by atoms with E-state index in [9.17, 15) is 22.8 Å². The molecule has 1 heterocycles. The fourth-order valence-electron chi connectivity index (χ4n) is 5.42. The monoisotopic (exact) mass is 652 g/mol. The van der Waals surface area contributed by atoms with E-state index in [1.54, 1.807) is 54.4 Å². The first-order valence-electron chi connectivity index (χ1n) is 14.8. The van der Waals surface area contributed by atoms with Gasteiger partial charge in [0.2, 0.25) is 21.8 Å². The van der Waals surface area contributed by atoms with Crippen LogP contribution in [-0.4, -0.2) is 99.8 Å². The SMILES string of the molecule is COC(=O)CN(Cc1cccc(OC)c1)C(=O)[C@H](CC(=O)N(C)[C@H]1CCCN(C(=N)N)C1)NS(=O)(=O)c1ccc2ccccc2c1. The van der Waals surface area contributed by atoms with Gasteiger partial charge >= 0.3 is 5.97 Å². The van der Waals surface area contributed by atoms with Crippen LogP contribution in [0.5, 0.6) is 5.75 Å². The van der Waals surface area contributed by atoms with E-state index < -0.39 is 46.8 Å². The van der Waals surface area contributed by atoms with Gasteiger partial charge in [0, 0.05) is 32.7 Å². The molecule has 1 aliphatic rings. The molecule has 246 valence electrons. The van der Waals surface area contributed by atoms with Crippen LogP contribution in [0.15, 0.2) is 71.6 Å². The largest absolute Gasteiger partial charge is 0.497 e. The van der Waals surface area contributed by atoms with Gasteiger partial charge in [0.05, 0.1) is 25.5 Å². The molecule has 4 N–H and O–H groups in total. The zero-order valence-corrected chi connectivity index (χ0v) is 27.0. The number of rotatable bonds is 12. The Hall–Kier alpha value is -4.69. The lowest BCUT2D eigenvalue weighted by Crippen LogP contribution is -2.54. The summed E-state index contributed by atoms with van der Waals surface area (Å²) in [7, 11) is -0.0566. The molecule has 1 saturated heterocycles. The summed E-state index contributed by atoms with van der Waals surface area (Å²) in [6, 6.07) is 16.8. The van der Waals surface area contributed by atoms with E-state index in [1.807, 2.05) is 12.1 Å². The zero-order valence-electron chi connectivity index (χ0n) is 26.1. The van der Waals surface area contributed by atoms with Gasteiger partial charge in [-0.25, -0.2) is 8.42 Å². The van der Waals surface area contributed by atoms with Gasteiger partial charge in [-0.05, 0) is 53.4 Å². The van der Waals surface area contributed by atoms with Crippen LogP contribution < -0.4 is 15.2 Å². The smallest absolute Gasteiger partial charge is 0.325 e. The molecule has 4 rings (SSSR count). The summed E-state index contributed by atoms with van der Waals surface area (Å²) in [5.74, 6) is -1.57. The molecule has 0 saturated carbocycles. The van der Waals surface area contributed by atoms with Crippen molar-refractivity contribution in [3.63, 3.8) is 0 Å². The quantitative estimate of drug-likeness (QED) is 0.150. The number of benzene rings is 3. The average Bonchev–Trinajstić information content (AvgIpc) is 3.06. The van der Waals surface area contributed by atoms with E-state index in [1.165, 1.54) is 31.3 Å². The number of nitrogens with two attached hydrogens (primary N) is 1. The number of fused-ring (bicyclic) bond motifs is 1. The van der Waals surface area contributed by atoms with Crippen molar-refractivity contribution in [2.75, 3.05) is 40.9 Å². The number of nitrogens with zero attached hydrogens (tertiary/aromatic N) is 3. The fraction of sp³-hybridized carbons (Fsp3) is 0.375. The Labute approximate surface area is 268 Å². The second-order valence-electron chi connectivity index (χ2n) is 11.1. The number of sulfonamides is 1. The van der Waals surface area contributed by atoms with Crippen molar-refractivity contribution in [3.8, 4) is 5.75 Å². The molecule has 1 fully saturated rings. The summed E-state index contributed by atoms with van der Waals surface area (Å²) in [4.78, 5) is 44.5. The van der Waals surface area contributed by atoms with E-state index in [0.717, 1.165) is 10.3 Å². The number of nitrogens with one attached hydrogen (secondary N) is 2. The first-order valence-corrected chi connectivity index (χ1v) is 16.2. The summed E-state index contributed by atoms with van der Waals surface area (Å²) in [5.41, 5.74) is 6.30. The van der Waals surface area contributed by atoms with E-state index in [-0.39, 0.29) is 23.4 Å². The number of likely N-dealkylation sites (N-methyl/N-ethyl adjacent to an activating group) is 1. The van der Waals surface area contributed by atoms with E-state index >= 15 is 0 Å². The minimum atomic E-state index is -4.32. The molecular formula is C32H40N6O7S. The Kier molecular flexibility index (Phi) is 11.2. The highest BCUT2D eigenvalue weighted by Crippen LogP contribution is 2.22. The molecule has 0 unspecified atom stereocenters. The van der Waals surface area contributed by atoms with Gasteiger partial charge in [-0.3, -0.25) is 19.8 Å². The molecule has 13 nitrogen and oxygen atoms in total. The van der Waals surface area contributed by atoms with E-state index in [4.69, 9.17) is 20.6 Å². The topological polar surface area (TPSA) is 175 Å². The Morgan fingerprint density at radius 2 is 1.80 bits per heavy atom. The normalized spacial score (nSPS) is 15.5. The van der Waals surface area contributed by atoms with Crippen molar-refractivity contribution in [2.45, 2.75) is 42.8 Å². The molecule has 0 radical (unpaired) electrons. The zero-order chi connectivity index (χ0) is 33.4. The lowest BCUT2D eigenvalue weighted by molar-refractivity contribution is -0.148. The van der Waals surface area contributed by atoms with Crippen molar-refractivity contribution in [1.82, 2.24) is 19.4 Å². The number of amides is 2. The molecule has 2 atom stereocenters. The number of hydrogen-bond acceptors (Lipinski definition) is 8. The molecule has 0 spiro atoms. The third-order valence-electron chi connectivity index (χ3n) is 8.05. The molecule has 3 aromatic carbocycles. The number of piperidine rings is 1. The van der Waals surface area contributed by atoms with Crippen molar-refractivity contribution >= 4 is 44.5 Å². The summed E-state index contributed by atoms with van der Waals surface area (Å²) in [6.07, 6.45) is 0.832. The van der Waals surface area contributed by atoms with Crippen molar-refractivity contribution in [1.29, 1.82) is 5.41 Å². The first kappa shape index (κ1) is 34.2. The Morgan fingerprint density at radius 1 is 1.07 bits per heavy atom. The predicted octanol–water partition coefficient (Wildman–Crippen LogP) is 1.90. The predicted molar refractivity (Wildman–Crippen MR) is 172 cm³/mol. The van der Waals surface area contributed by atoms with Crippen LogP contribution in [0.3, 0.4) is 0 Å². The molecule has 0 aliphatic carbocycles. The standard InChI is InChI=1S/C32H40N6O7S/c1-36(25-11-7-15-37(20-25)32(33)34)29(39)18-28(35-46(42,43)27-14-13-23-9-4-5-10-24(23)17-27)31(41)38(21-30(40)45-3)19-22-8-6-12-26(16-22)44-2/h4-6,8-10,12-14,16-17,25,28,35H,7,11,15,18-21H2,1-3H3,(H3,33,34)/t25-,28-/m0/s1. The Balaban J connectivity index is 1.66. The van der Waals surface area contributed by atoms with Crippen LogP contribution in [0.1, 0.15) is 24.8 Å². The second-order valence-corrected chi connectivity index (χ2v) is 12.9. The Morgan fingerprint density at radius 3 is 2.50 bits per heavy atom. The lowest BCUT2D eigenvalue weighted by atomic mass is 10.0. The van der Waals surface area contributed by atoms with Gasteiger partial charge in [-0.1, -0.05) is 42.5 Å². The van der Waals surface area contributed by atoms with Crippen LogP contribution in [0.4, 0.5) is 0 Å². The highest BCUT2D eigenvalue weighted by atomic mass is 32.2. The molecule has 46 heavy (non-hydrogen) atoms. The van der Waals surface area contributed by atoms with Gasteiger partial charge < -0.3 is 29.9 Å². The molecule has 0 bridgehead atoms. The van der Waals surface area contributed by atoms with Crippen LogP contribution >= 0.6 is 0 Å². The maximum absolute atomic E-state index is 14.2. The van der Waals surface area contributed by atoms with Crippen molar-refractivity contribution in [3.05, 3.63) is 72.3 Å². The maximum atomic E-state index is 14.2. The third kappa shape index (κ3) is 8.52. The number of carbonyl (C=O) groups excluding carboxylic acids is 3. The molecule has 14 heteroatoms. The van der Waals surface area contributed by atoms with Gasteiger partial charge in [0.1, 0.15) is 18.3 Å². The second kappa shape index (κ2) is 15.1. The average molecular weight is 653 g/mol. The van der Waals surface area contributed by atoms with Gasteiger partial charge in [0.25, 0.3) is 0 Å². The van der Waals surface area contributed by atoms with Crippen LogP contribution in [-0.2, 0) is 35.7 Å². The molecule has 3 aromatic rings. The fourth-order valence-corrected chi connectivity index (χ4v) is 6.65. The summed E-state index contributed by atoms with van der Waals surface area (Å²) in [5, 5.41) is 9.31. The maximum Gasteiger partial charge on any atom is 0.325 e. The Bertz CT molecular complexity index is 1700.